The second-order valence-electron chi connectivity index (χ2n) is 5.13. The van der Waals surface area contributed by atoms with Crippen molar-refractivity contribution in [3.05, 3.63) is 17.7 Å². The largest absolute Gasteiger partial charge is 0.454 e. The van der Waals surface area contributed by atoms with Crippen LogP contribution in [-0.2, 0) is 0 Å². The van der Waals surface area contributed by atoms with Gasteiger partial charge in [0.2, 0.25) is 6.79 Å². The Morgan fingerprint density at radius 2 is 2.10 bits per heavy atom. The monoisotopic (exact) mass is 294 g/mol. The fourth-order valence-corrected chi connectivity index (χ4v) is 3.50. The zero-order valence-corrected chi connectivity index (χ0v) is 12.2. The Morgan fingerprint density at radius 1 is 1.35 bits per heavy atom. The molecule has 3 N–H and O–H groups in total. The Bertz CT molecular complexity index is 535. The first kappa shape index (κ1) is 13.4. The number of carbonyl (C=O) groups excluding carboxylic acids is 1. The summed E-state index contributed by atoms with van der Waals surface area (Å²) in [6, 6.07) is 3.55. The van der Waals surface area contributed by atoms with E-state index in [1.165, 1.54) is 0 Å². The molecule has 2 unspecified atom stereocenters. The predicted molar refractivity (Wildman–Crippen MR) is 79.4 cm³/mol. The molecule has 1 heterocycles. The van der Waals surface area contributed by atoms with Gasteiger partial charge in [-0.2, -0.15) is 11.8 Å². The van der Waals surface area contributed by atoms with Crippen molar-refractivity contribution < 1.29 is 14.3 Å². The van der Waals surface area contributed by atoms with Gasteiger partial charge < -0.3 is 20.5 Å². The number of rotatable bonds is 3. The van der Waals surface area contributed by atoms with Crippen LogP contribution in [0.5, 0.6) is 11.5 Å². The Balaban J connectivity index is 1.71. The molecular formula is C14H18N2O3S. The topological polar surface area (TPSA) is 73.6 Å². The molecule has 1 aromatic rings. The molecular weight excluding hydrogens is 276 g/mol. The third-order valence-corrected chi connectivity index (χ3v) is 4.94. The number of nitrogens with two attached hydrogens (primary N) is 1. The minimum atomic E-state index is -0.132. The second kappa shape index (κ2) is 5.44. The number of nitrogen functional groups attached to an aromatic ring is 1. The quantitative estimate of drug-likeness (QED) is 0.834. The summed E-state index contributed by atoms with van der Waals surface area (Å²) in [5.74, 6) is 1.05. The number of anilines is 1. The van der Waals surface area contributed by atoms with E-state index in [0.29, 0.717) is 28.0 Å². The molecule has 0 radical (unpaired) electrons. The van der Waals surface area contributed by atoms with Gasteiger partial charge in [-0.1, -0.05) is 0 Å². The van der Waals surface area contributed by atoms with Gasteiger partial charge in [-0.15, -0.1) is 0 Å². The van der Waals surface area contributed by atoms with Gasteiger partial charge in [0, 0.05) is 23.0 Å². The van der Waals surface area contributed by atoms with Crippen LogP contribution in [0.2, 0.25) is 0 Å². The van der Waals surface area contributed by atoms with Crippen LogP contribution >= 0.6 is 11.8 Å². The lowest BCUT2D eigenvalue weighted by Crippen LogP contribution is -2.33. The molecule has 0 spiro atoms. The van der Waals surface area contributed by atoms with Gasteiger partial charge in [0.05, 0.1) is 5.56 Å². The molecule has 1 amide bonds. The van der Waals surface area contributed by atoms with Gasteiger partial charge in [0.25, 0.3) is 5.91 Å². The molecule has 3 rings (SSSR count). The number of hydrogen-bond donors (Lipinski definition) is 2. The Kier molecular flexibility index (Phi) is 3.65. The molecule has 5 nitrogen and oxygen atoms in total. The summed E-state index contributed by atoms with van der Waals surface area (Å²) >= 11 is 1.87. The predicted octanol–water partition coefficient (Wildman–Crippen LogP) is 2.01. The normalized spacial score (nSPS) is 23.9. The number of thioether (sulfide) groups is 1. The van der Waals surface area contributed by atoms with Crippen LogP contribution in [0.1, 0.15) is 29.6 Å². The summed E-state index contributed by atoms with van der Waals surface area (Å²) in [4.78, 5) is 12.3. The van der Waals surface area contributed by atoms with E-state index in [0.717, 1.165) is 19.3 Å². The maximum atomic E-state index is 12.3. The molecule has 0 aromatic heterocycles. The van der Waals surface area contributed by atoms with Crippen molar-refractivity contribution in [2.45, 2.75) is 30.6 Å². The first-order chi connectivity index (χ1) is 9.67. The minimum absolute atomic E-state index is 0.132. The van der Waals surface area contributed by atoms with Crippen LogP contribution in [0.4, 0.5) is 5.69 Å². The van der Waals surface area contributed by atoms with Crippen LogP contribution in [0, 0.1) is 0 Å². The van der Waals surface area contributed by atoms with Crippen LogP contribution in [0.3, 0.4) is 0 Å². The maximum absolute atomic E-state index is 12.3. The lowest BCUT2D eigenvalue weighted by atomic mass is 10.1. The summed E-state index contributed by atoms with van der Waals surface area (Å²) in [5.41, 5.74) is 6.80. The average Bonchev–Trinajstić information content (AvgIpc) is 3.05. The molecule has 1 fully saturated rings. The summed E-state index contributed by atoms with van der Waals surface area (Å²) in [6.07, 6.45) is 5.33. The molecule has 1 aromatic carbocycles. The summed E-state index contributed by atoms with van der Waals surface area (Å²) in [7, 11) is 0. The molecule has 1 aliphatic carbocycles. The zero-order valence-electron chi connectivity index (χ0n) is 11.3. The van der Waals surface area contributed by atoms with Crippen molar-refractivity contribution in [1.29, 1.82) is 0 Å². The number of nitrogens with one attached hydrogen (secondary N) is 1. The molecule has 1 saturated carbocycles. The van der Waals surface area contributed by atoms with Gasteiger partial charge in [0.15, 0.2) is 11.5 Å². The third kappa shape index (κ3) is 2.52. The summed E-state index contributed by atoms with van der Waals surface area (Å²) in [6.45, 7) is 0.178. The number of hydrogen-bond acceptors (Lipinski definition) is 5. The number of fused-ring (bicyclic) bond motifs is 1. The average molecular weight is 294 g/mol. The van der Waals surface area contributed by atoms with E-state index >= 15 is 0 Å². The van der Waals surface area contributed by atoms with Crippen molar-refractivity contribution in [2.24, 2.45) is 0 Å². The van der Waals surface area contributed by atoms with Crippen LogP contribution in [0.25, 0.3) is 0 Å². The Morgan fingerprint density at radius 3 is 2.80 bits per heavy atom. The molecule has 2 atom stereocenters. The van der Waals surface area contributed by atoms with Crippen molar-refractivity contribution in [2.75, 3.05) is 18.8 Å². The number of carbonyl (C=O) groups is 1. The Hall–Kier alpha value is -1.56. The third-order valence-electron chi connectivity index (χ3n) is 3.84. The minimum Gasteiger partial charge on any atom is -0.454 e. The zero-order chi connectivity index (χ0) is 14.1. The molecule has 1 aliphatic heterocycles. The molecule has 20 heavy (non-hydrogen) atoms. The standard InChI is InChI=1S/C14H18N2O3S/c1-20-9-3-2-8(4-9)16-14(17)10-5-12-13(6-11(10)15)19-7-18-12/h5-6,8-9H,2-4,7,15H2,1H3,(H,16,17). The van der Waals surface area contributed by atoms with E-state index in [-0.39, 0.29) is 18.7 Å². The van der Waals surface area contributed by atoms with Gasteiger partial charge in [-0.25, -0.2) is 0 Å². The second-order valence-corrected chi connectivity index (χ2v) is 6.27. The highest BCUT2D eigenvalue weighted by atomic mass is 32.2. The maximum Gasteiger partial charge on any atom is 0.253 e. The van der Waals surface area contributed by atoms with Crippen molar-refractivity contribution in [3.8, 4) is 11.5 Å². The number of amides is 1. The molecule has 2 aliphatic rings. The highest BCUT2D eigenvalue weighted by Gasteiger charge is 2.27. The highest BCUT2D eigenvalue weighted by Crippen LogP contribution is 2.36. The van der Waals surface area contributed by atoms with Gasteiger partial charge in [0.1, 0.15) is 0 Å². The lowest BCUT2D eigenvalue weighted by Gasteiger charge is -2.14. The molecule has 108 valence electrons. The molecule has 0 saturated heterocycles. The fraction of sp³-hybridized carbons (Fsp3) is 0.500. The van der Waals surface area contributed by atoms with Crippen LogP contribution in [0.15, 0.2) is 12.1 Å². The van der Waals surface area contributed by atoms with E-state index < -0.39 is 0 Å². The number of ether oxygens (including phenoxy) is 2. The first-order valence-corrected chi connectivity index (χ1v) is 7.99. The van der Waals surface area contributed by atoms with Gasteiger partial charge >= 0.3 is 0 Å². The fourth-order valence-electron chi connectivity index (χ4n) is 2.70. The first-order valence-electron chi connectivity index (χ1n) is 6.70. The molecule has 0 bridgehead atoms. The summed E-state index contributed by atoms with van der Waals surface area (Å²) < 4.78 is 10.5. The van der Waals surface area contributed by atoms with E-state index in [2.05, 4.69) is 11.6 Å². The number of benzene rings is 1. The highest BCUT2D eigenvalue weighted by molar-refractivity contribution is 7.99. The van der Waals surface area contributed by atoms with Crippen LogP contribution < -0.4 is 20.5 Å². The van der Waals surface area contributed by atoms with Gasteiger partial charge in [-0.3, -0.25) is 4.79 Å². The van der Waals surface area contributed by atoms with Crippen LogP contribution in [-0.4, -0.2) is 30.2 Å². The SMILES string of the molecule is CSC1CCC(NC(=O)c2cc3c(cc2N)OCO3)C1. The van der Waals surface area contributed by atoms with Crippen molar-refractivity contribution in [1.82, 2.24) is 5.32 Å². The van der Waals surface area contributed by atoms with E-state index in [1.807, 2.05) is 11.8 Å². The molecule has 6 heteroatoms. The summed E-state index contributed by atoms with van der Waals surface area (Å²) in [5, 5.41) is 3.71. The Labute approximate surface area is 122 Å². The lowest BCUT2D eigenvalue weighted by molar-refractivity contribution is 0.0938. The van der Waals surface area contributed by atoms with Gasteiger partial charge in [-0.05, 0) is 31.6 Å². The van der Waals surface area contributed by atoms with E-state index in [9.17, 15) is 4.79 Å². The van der Waals surface area contributed by atoms with Crippen molar-refractivity contribution >= 4 is 23.4 Å². The van der Waals surface area contributed by atoms with E-state index in [4.69, 9.17) is 15.2 Å². The smallest absolute Gasteiger partial charge is 0.253 e. The van der Waals surface area contributed by atoms with Crippen molar-refractivity contribution in [3.63, 3.8) is 0 Å². The van der Waals surface area contributed by atoms with E-state index in [1.54, 1.807) is 12.1 Å².